The highest BCUT2D eigenvalue weighted by atomic mass is 16.5. The van der Waals surface area contributed by atoms with Crippen LogP contribution >= 0.6 is 0 Å². The summed E-state index contributed by atoms with van der Waals surface area (Å²) in [6.07, 6.45) is 8.72. The quantitative estimate of drug-likeness (QED) is 0.875. The van der Waals surface area contributed by atoms with E-state index in [-0.39, 0.29) is 11.6 Å². The van der Waals surface area contributed by atoms with Gasteiger partial charge in [-0.05, 0) is 25.0 Å². The molecule has 2 amide bonds. The lowest BCUT2D eigenvalue weighted by atomic mass is 9.92. The van der Waals surface area contributed by atoms with Crippen molar-refractivity contribution in [3.63, 3.8) is 0 Å². The summed E-state index contributed by atoms with van der Waals surface area (Å²) in [5, 5.41) is 0. The van der Waals surface area contributed by atoms with Crippen LogP contribution in [-0.2, 0) is 4.74 Å². The van der Waals surface area contributed by atoms with Crippen molar-refractivity contribution in [3.05, 3.63) is 30.6 Å². The molecule has 2 aliphatic rings. The van der Waals surface area contributed by atoms with Gasteiger partial charge in [-0.2, -0.15) is 0 Å². The molecule has 2 heterocycles. The van der Waals surface area contributed by atoms with Crippen molar-refractivity contribution in [2.24, 2.45) is 0 Å². The zero-order chi connectivity index (χ0) is 16.4. The molecule has 4 rings (SSSR count). The lowest BCUT2D eigenvalue weighted by Crippen LogP contribution is -2.55. The minimum Gasteiger partial charge on any atom is -0.371 e. The van der Waals surface area contributed by atoms with Gasteiger partial charge in [-0.15, -0.1) is 0 Å². The first kappa shape index (κ1) is 15.4. The Morgan fingerprint density at radius 1 is 1.17 bits per heavy atom. The fourth-order valence-electron chi connectivity index (χ4n) is 3.92. The van der Waals surface area contributed by atoms with Crippen LogP contribution in [0.1, 0.15) is 38.5 Å². The number of hydrogen-bond donors (Lipinski definition) is 1. The van der Waals surface area contributed by atoms with Crippen LogP contribution in [0.15, 0.2) is 30.6 Å². The topological polar surface area (TPSA) is 59.4 Å². The Bertz CT molecular complexity index is 719. The highest BCUT2D eigenvalue weighted by Gasteiger charge is 2.38. The Labute approximate surface area is 141 Å². The lowest BCUT2D eigenvalue weighted by molar-refractivity contribution is -0.104. The van der Waals surface area contributed by atoms with Crippen LogP contribution in [0.2, 0.25) is 0 Å². The van der Waals surface area contributed by atoms with Crippen LogP contribution in [-0.4, -0.2) is 45.9 Å². The maximum absolute atomic E-state index is 12.7. The van der Waals surface area contributed by atoms with Gasteiger partial charge in [0.2, 0.25) is 0 Å². The second-order valence-corrected chi connectivity index (χ2v) is 6.89. The maximum atomic E-state index is 12.7. The van der Waals surface area contributed by atoms with Crippen molar-refractivity contribution in [2.45, 2.75) is 44.1 Å². The van der Waals surface area contributed by atoms with Crippen molar-refractivity contribution < 1.29 is 9.53 Å². The van der Waals surface area contributed by atoms with E-state index in [1.165, 1.54) is 25.7 Å². The van der Waals surface area contributed by atoms with E-state index in [0.29, 0.717) is 19.7 Å². The lowest BCUT2D eigenvalue weighted by Gasteiger charge is -2.42. The third-order valence-electron chi connectivity index (χ3n) is 5.22. The first-order valence-corrected chi connectivity index (χ1v) is 8.88. The van der Waals surface area contributed by atoms with E-state index in [9.17, 15) is 4.79 Å². The molecule has 2 fully saturated rings. The van der Waals surface area contributed by atoms with Gasteiger partial charge in [0.05, 0.1) is 29.8 Å². The van der Waals surface area contributed by atoms with Gasteiger partial charge in [0.1, 0.15) is 6.33 Å². The number of urea groups is 1. The van der Waals surface area contributed by atoms with Crippen molar-refractivity contribution in [3.8, 4) is 0 Å². The number of carbonyl (C=O) groups is 1. The fourth-order valence-corrected chi connectivity index (χ4v) is 3.92. The van der Waals surface area contributed by atoms with Gasteiger partial charge < -0.3 is 9.64 Å². The number of carbonyl (C=O) groups excluding carboxylic acids is 1. The molecule has 2 aromatic rings. The summed E-state index contributed by atoms with van der Waals surface area (Å²) in [6, 6.07) is 7.70. The number of imidazole rings is 1. The van der Waals surface area contributed by atoms with E-state index in [0.717, 1.165) is 23.9 Å². The van der Waals surface area contributed by atoms with Gasteiger partial charge >= 0.3 is 6.03 Å². The van der Waals surface area contributed by atoms with E-state index in [4.69, 9.17) is 4.74 Å². The van der Waals surface area contributed by atoms with Crippen LogP contribution in [0.5, 0.6) is 0 Å². The van der Waals surface area contributed by atoms with Gasteiger partial charge in [-0.1, -0.05) is 37.8 Å². The van der Waals surface area contributed by atoms with Gasteiger partial charge in [0.25, 0.3) is 0 Å². The van der Waals surface area contributed by atoms with E-state index < -0.39 is 0 Å². The maximum Gasteiger partial charge on any atom is 0.336 e. The highest BCUT2D eigenvalue weighted by Crippen LogP contribution is 2.33. The summed E-state index contributed by atoms with van der Waals surface area (Å²) in [6.45, 7) is 1.95. The number of rotatable bonds is 1. The van der Waals surface area contributed by atoms with Crippen molar-refractivity contribution in [1.82, 2.24) is 14.6 Å². The molecule has 0 atom stereocenters. The van der Waals surface area contributed by atoms with Crippen LogP contribution in [0.3, 0.4) is 0 Å². The molecule has 1 saturated carbocycles. The first-order valence-electron chi connectivity index (χ1n) is 8.88. The predicted molar refractivity (Wildman–Crippen MR) is 92.4 cm³/mol. The third-order valence-corrected chi connectivity index (χ3v) is 5.22. The zero-order valence-corrected chi connectivity index (χ0v) is 13.9. The minimum atomic E-state index is -0.136. The van der Waals surface area contributed by atoms with Crippen LogP contribution in [0, 0.1) is 0 Å². The van der Waals surface area contributed by atoms with E-state index in [1.54, 1.807) is 11.0 Å². The normalized spacial score (nSPS) is 20.9. The molecule has 1 spiro atoms. The molecule has 0 unspecified atom stereocenters. The smallest absolute Gasteiger partial charge is 0.336 e. The second kappa shape index (κ2) is 6.43. The molecule has 0 bridgehead atoms. The third kappa shape index (κ3) is 2.98. The number of para-hydroxylation sites is 2. The summed E-state index contributed by atoms with van der Waals surface area (Å²) < 4.78 is 7.83. The molecule has 6 nitrogen and oxygen atoms in total. The summed E-state index contributed by atoms with van der Waals surface area (Å²) in [5.74, 6) is 0. The number of amides is 2. The Morgan fingerprint density at radius 3 is 2.79 bits per heavy atom. The molecule has 128 valence electrons. The van der Waals surface area contributed by atoms with Crippen molar-refractivity contribution in [1.29, 1.82) is 0 Å². The van der Waals surface area contributed by atoms with Gasteiger partial charge in [-0.3, -0.25) is 0 Å². The summed E-state index contributed by atoms with van der Waals surface area (Å²) in [7, 11) is 0. The Balaban J connectivity index is 1.47. The average Bonchev–Trinajstić information content (AvgIpc) is 2.88. The molecule has 1 aliphatic heterocycles. The molecule has 1 aliphatic carbocycles. The minimum absolute atomic E-state index is 0.0786. The van der Waals surface area contributed by atoms with E-state index in [1.807, 2.05) is 29.2 Å². The number of hydrogen-bond acceptors (Lipinski definition) is 3. The van der Waals surface area contributed by atoms with Crippen molar-refractivity contribution in [2.75, 3.05) is 25.1 Å². The Morgan fingerprint density at radius 2 is 1.96 bits per heavy atom. The Kier molecular flexibility index (Phi) is 4.14. The molecular formula is C18H24N4O2. The van der Waals surface area contributed by atoms with Crippen LogP contribution in [0.4, 0.5) is 4.79 Å². The van der Waals surface area contributed by atoms with Gasteiger partial charge in [0.15, 0.2) is 0 Å². The number of nitrogens with zero attached hydrogens (tertiary/aromatic N) is 3. The number of fused-ring (bicyclic) bond motifs is 1. The molecule has 1 aromatic carbocycles. The average molecular weight is 328 g/mol. The van der Waals surface area contributed by atoms with Crippen LogP contribution in [0.25, 0.3) is 11.0 Å². The summed E-state index contributed by atoms with van der Waals surface area (Å²) in [4.78, 5) is 18.9. The summed E-state index contributed by atoms with van der Waals surface area (Å²) in [5.41, 5.74) is 4.60. The molecule has 1 N–H and O–H groups in total. The van der Waals surface area contributed by atoms with Gasteiger partial charge in [-0.25, -0.2) is 19.9 Å². The SMILES string of the molecule is O=C(Nn1cnc2ccccc21)N1CCOC2(CCCCCC2)C1. The van der Waals surface area contributed by atoms with Gasteiger partial charge in [0, 0.05) is 6.54 Å². The first-order chi connectivity index (χ1) is 11.8. The van der Waals surface area contributed by atoms with Crippen molar-refractivity contribution >= 4 is 17.1 Å². The number of aromatic nitrogens is 2. The zero-order valence-electron chi connectivity index (χ0n) is 13.9. The monoisotopic (exact) mass is 328 g/mol. The van der Waals surface area contributed by atoms with Crippen LogP contribution < -0.4 is 5.43 Å². The molecule has 6 heteroatoms. The molecule has 0 radical (unpaired) electrons. The standard InChI is InChI=1S/C18H24N4O2/c23-17(20-22-14-19-15-7-3-4-8-16(15)22)21-11-12-24-18(13-21)9-5-1-2-6-10-18/h3-4,7-8,14H,1-2,5-6,9-13H2,(H,20,23). The number of nitrogens with one attached hydrogen (secondary N) is 1. The number of morpholine rings is 1. The molecule has 1 aromatic heterocycles. The van der Waals surface area contributed by atoms with E-state index >= 15 is 0 Å². The van der Waals surface area contributed by atoms with E-state index in [2.05, 4.69) is 10.4 Å². The number of benzene rings is 1. The summed E-state index contributed by atoms with van der Waals surface area (Å²) >= 11 is 0. The largest absolute Gasteiger partial charge is 0.371 e. The Hall–Kier alpha value is -2.08. The molecular weight excluding hydrogens is 304 g/mol. The fraction of sp³-hybridized carbons (Fsp3) is 0.556. The molecule has 1 saturated heterocycles. The second-order valence-electron chi connectivity index (χ2n) is 6.89. The molecule has 24 heavy (non-hydrogen) atoms. The number of ether oxygens (including phenoxy) is 1. The predicted octanol–water partition coefficient (Wildman–Crippen LogP) is 3.13. The highest BCUT2D eigenvalue weighted by molar-refractivity contribution is 5.85.